The highest BCUT2D eigenvalue weighted by Crippen LogP contribution is 2.27. The fraction of sp³-hybridized carbons (Fsp3) is 0.154. The van der Waals surface area contributed by atoms with Crippen LogP contribution >= 0.6 is 11.8 Å². The van der Waals surface area contributed by atoms with Crippen LogP contribution in [0.1, 0.15) is 23.9 Å². The first-order valence-corrected chi connectivity index (χ1v) is 12.5. The first-order valence-electron chi connectivity index (χ1n) is 11.5. The second-order valence-corrected chi connectivity index (χ2v) is 8.92. The van der Waals surface area contributed by atoms with Gasteiger partial charge in [0.25, 0.3) is 0 Å². The van der Waals surface area contributed by atoms with Gasteiger partial charge in [-0.15, -0.1) is 10.2 Å². The molecular formula is C26H25N9S. The third kappa shape index (κ3) is 5.49. The molecule has 0 aliphatic carbocycles. The van der Waals surface area contributed by atoms with Gasteiger partial charge in [-0.25, -0.2) is 0 Å². The van der Waals surface area contributed by atoms with Crippen molar-refractivity contribution in [2.75, 3.05) is 11.1 Å². The molecule has 0 fully saturated rings. The number of aromatic nitrogens is 7. The molecule has 0 spiro atoms. The Hall–Kier alpha value is -4.31. The van der Waals surface area contributed by atoms with E-state index in [1.165, 1.54) is 17.3 Å². The minimum Gasteiger partial charge on any atom is -0.368 e. The van der Waals surface area contributed by atoms with E-state index in [4.69, 9.17) is 5.73 Å². The Balaban J connectivity index is 1.40. The van der Waals surface area contributed by atoms with E-state index in [9.17, 15) is 0 Å². The molecule has 5 rings (SSSR count). The van der Waals surface area contributed by atoms with Crippen molar-refractivity contribution >= 4 is 29.3 Å². The minimum absolute atomic E-state index is 0.166. The summed E-state index contributed by atoms with van der Waals surface area (Å²) in [6.07, 6.45) is 4.42. The molecule has 0 atom stereocenters. The Morgan fingerprint density at radius 1 is 0.917 bits per heavy atom. The van der Waals surface area contributed by atoms with E-state index in [2.05, 4.69) is 65.1 Å². The average molecular weight is 496 g/mol. The largest absolute Gasteiger partial charge is 0.368 e. The van der Waals surface area contributed by atoms with Crippen LogP contribution in [-0.4, -0.2) is 34.7 Å². The van der Waals surface area contributed by atoms with Crippen molar-refractivity contribution < 1.29 is 0 Å². The molecule has 0 bridgehead atoms. The zero-order valence-electron chi connectivity index (χ0n) is 19.7. The number of anilines is 3. The Labute approximate surface area is 213 Å². The number of thioether (sulfide) groups is 1. The average Bonchev–Trinajstić information content (AvgIpc) is 3.31. The van der Waals surface area contributed by atoms with Gasteiger partial charge in [-0.05, 0) is 35.7 Å². The van der Waals surface area contributed by atoms with Crippen LogP contribution in [0.5, 0.6) is 0 Å². The number of nitrogens with zero attached hydrogens (tertiary/aromatic N) is 7. The van der Waals surface area contributed by atoms with E-state index in [0.29, 0.717) is 24.1 Å². The molecule has 0 aliphatic heterocycles. The van der Waals surface area contributed by atoms with Crippen LogP contribution in [0, 0.1) is 0 Å². The lowest BCUT2D eigenvalue weighted by Crippen LogP contribution is -2.08. The van der Waals surface area contributed by atoms with Gasteiger partial charge in [-0.3, -0.25) is 9.55 Å². The van der Waals surface area contributed by atoms with Crippen molar-refractivity contribution in [3.63, 3.8) is 0 Å². The van der Waals surface area contributed by atoms with Crippen LogP contribution < -0.4 is 11.1 Å². The van der Waals surface area contributed by atoms with E-state index in [1.54, 1.807) is 12.4 Å². The molecular weight excluding hydrogens is 470 g/mol. The van der Waals surface area contributed by atoms with Crippen molar-refractivity contribution in [3.8, 4) is 11.4 Å². The number of nitrogens with one attached hydrogen (secondary N) is 1. The number of pyridine rings is 1. The zero-order valence-corrected chi connectivity index (χ0v) is 20.6. The van der Waals surface area contributed by atoms with Crippen LogP contribution in [0.2, 0.25) is 0 Å². The van der Waals surface area contributed by atoms with Gasteiger partial charge < -0.3 is 11.1 Å². The molecule has 0 radical (unpaired) electrons. The maximum atomic E-state index is 6.01. The number of hydrogen-bond acceptors (Lipinski definition) is 9. The first kappa shape index (κ1) is 23.4. The van der Waals surface area contributed by atoms with Gasteiger partial charge in [0.2, 0.25) is 11.9 Å². The number of aryl methyl sites for hydroxylation is 1. The fourth-order valence-corrected chi connectivity index (χ4v) is 4.56. The highest BCUT2D eigenvalue weighted by molar-refractivity contribution is 7.98. The van der Waals surface area contributed by atoms with Gasteiger partial charge >= 0.3 is 0 Å². The van der Waals surface area contributed by atoms with E-state index in [1.807, 2.05) is 48.5 Å². The Kier molecular flexibility index (Phi) is 7.13. The third-order valence-electron chi connectivity index (χ3n) is 5.49. The standard InChI is InChI=1S/C26H25N9S/c1-2-19-11-6-7-13-21(19)29-25-31-22(30-24(27)32-25)17-36-26-34-33-23(20-12-8-14-28-15-20)35(26)16-18-9-4-3-5-10-18/h3-15H,2,16-17H2,1H3,(H3,27,29,30,31,32). The van der Waals surface area contributed by atoms with E-state index in [-0.39, 0.29) is 5.95 Å². The fourth-order valence-electron chi connectivity index (χ4n) is 3.77. The summed E-state index contributed by atoms with van der Waals surface area (Å²) in [4.78, 5) is 17.4. The van der Waals surface area contributed by atoms with Crippen LogP contribution in [-0.2, 0) is 18.7 Å². The number of nitrogen functional groups attached to an aromatic ring is 1. The van der Waals surface area contributed by atoms with Crippen LogP contribution in [0.3, 0.4) is 0 Å². The molecule has 3 aromatic heterocycles. The summed E-state index contributed by atoms with van der Waals surface area (Å²) in [5.41, 5.74) is 10.2. The molecule has 3 N–H and O–H groups in total. The predicted molar refractivity (Wildman–Crippen MR) is 142 cm³/mol. The third-order valence-corrected chi connectivity index (χ3v) is 6.46. The topological polar surface area (TPSA) is 120 Å². The van der Waals surface area contributed by atoms with E-state index in [0.717, 1.165) is 34.2 Å². The molecule has 0 saturated carbocycles. The highest BCUT2D eigenvalue weighted by atomic mass is 32.2. The summed E-state index contributed by atoms with van der Waals surface area (Å²) in [7, 11) is 0. The summed E-state index contributed by atoms with van der Waals surface area (Å²) in [6.45, 7) is 2.73. The SMILES string of the molecule is CCc1ccccc1Nc1nc(N)nc(CSc2nnc(-c3cccnc3)n2Cc2ccccc2)n1. The van der Waals surface area contributed by atoms with Gasteiger partial charge in [-0.1, -0.05) is 67.2 Å². The minimum atomic E-state index is 0.166. The molecule has 36 heavy (non-hydrogen) atoms. The van der Waals surface area contributed by atoms with Crippen LogP contribution in [0.4, 0.5) is 17.6 Å². The van der Waals surface area contributed by atoms with Crippen molar-refractivity contribution in [3.05, 3.63) is 96.1 Å². The second kappa shape index (κ2) is 11.0. The first-order chi connectivity index (χ1) is 17.7. The summed E-state index contributed by atoms with van der Waals surface area (Å²) in [5, 5.41) is 13.0. The molecule has 5 aromatic rings. The Morgan fingerprint density at radius 3 is 2.56 bits per heavy atom. The number of nitrogens with two attached hydrogens (primary N) is 1. The quantitative estimate of drug-likeness (QED) is 0.279. The summed E-state index contributed by atoms with van der Waals surface area (Å²) in [5.74, 6) is 2.35. The van der Waals surface area contributed by atoms with E-state index < -0.39 is 0 Å². The molecule has 2 aromatic carbocycles. The maximum absolute atomic E-state index is 6.01. The molecule has 3 heterocycles. The molecule has 180 valence electrons. The van der Waals surface area contributed by atoms with Crippen LogP contribution in [0.25, 0.3) is 11.4 Å². The molecule has 0 unspecified atom stereocenters. The molecule has 9 nitrogen and oxygen atoms in total. The maximum Gasteiger partial charge on any atom is 0.232 e. The van der Waals surface area contributed by atoms with Crippen molar-refractivity contribution in [1.29, 1.82) is 0 Å². The Bertz CT molecular complexity index is 1440. The number of rotatable bonds is 9. The second-order valence-electron chi connectivity index (χ2n) is 7.98. The highest BCUT2D eigenvalue weighted by Gasteiger charge is 2.16. The zero-order chi connectivity index (χ0) is 24.7. The van der Waals surface area contributed by atoms with Crippen molar-refractivity contribution in [1.82, 2.24) is 34.7 Å². The smallest absolute Gasteiger partial charge is 0.232 e. The number of para-hydroxylation sites is 1. The number of hydrogen-bond donors (Lipinski definition) is 2. The van der Waals surface area contributed by atoms with Gasteiger partial charge in [0.1, 0.15) is 5.82 Å². The van der Waals surface area contributed by atoms with Gasteiger partial charge in [-0.2, -0.15) is 15.0 Å². The molecule has 0 aliphatic rings. The van der Waals surface area contributed by atoms with Crippen molar-refractivity contribution in [2.24, 2.45) is 0 Å². The molecule has 10 heteroatoms. The lowest BCUT2D eigenvalue weighted by atomic mass is 10.1. The van der Waals surface area contributed by atoms with Gasteiger partial charge in [0.15, 0.2) is 11.0 Å². The van der Waals surface area contributed by atoms with E-state index >= 15 is 0 Å². The Morgan fingerprint density at radius 2 is 1.75 bits per heavy atom. The predicted octanol–water partition coefficient (Wildman–Crippen LogP) is 4.75. The van der Waals surface area contributed by atoms with Gasteiger partial charge in [0.05, 0.1) is 12.3 Å². The summed E-state index contributed by atoms with van der Waals surface area (Å²) in [6, 6.07) is 22.1. The van der Waals surface area contributed by atoms with Gasteiger partial charge in [0, 0.05) is 23.6 Å². The van der Waals surface area contributed by atoms with Crippen LogP contribution in [0.15, 0.2) is 84.3 Å². The lowest BCUT2D eigenvalue weighted by Gasteiger charge is -2.11. The number of benzene rings is 2. The molecule has 0 amide bonds. The monoisotopic (exact) mass is 495 g/mol. The lowest BCUT2D eigenvalue weighted by molar-refractivity contribution is 0.714. The van der Waals surface area contributed by atoms with Crippen molar-refractivity contribution in [2.45, 2.75) is 30.8 Å². The normalized spacial score (nSPS) is 10.9. The summed E-state index contributed by atoms with van der Waals surface area (Å²) < 4.78 is 2.08. The summed E-state index contributed by atoms with van der Waals surface area (Å²) >= 11 is 1.50. The molecule has 0 saturated heterocycles.